The van der Waals surface area contributed by atoms with Crippen LogP contribution in [0.25, 0.3) is 0 Å². The molecule has 11 nitrogen and oxygen atoms in total. The highest BCUT2D eigenvalue weighted by atomic mass is 16.7. The molecule has 0 aromatic rings. The maximum Gasteiger partial charge on any atom is 0.508 e. The van der Waals surface area contributed by atoms with Gasteiger partial charge in [0.15, 0.2) is 0 Å². The van der Waals surface area contributed by atoms with E-state index in [1.54, 1.807) is 0 Å². The van der Waals surface area contributed by atoms with Crippen molar-refractivity contribution in [2.75, 3.05) is 52.9 Å². The van der Waals surface area contributed by atoms with Crippen molar-refractivity contribution in [1.29, 1.82) is 0 Å². The number of hydrogen-bond donors (Lipinski definition) is 2. The number of carbonyl (C=O) groups is 3. The van der Waals surface area contributed by atoms with Gasteiger partial charge in [-0.25, -0.2) is 14.4 Å². The van der Waals surface area contributed by atoms with Crippen molar-refractivity contribution in [2.45, 2.75) is 103 Å². The average Bonchev–Trinajstić information content (AvgIpc) is 2.91. The zero-order valence-corrected chi connectivity index (χ0v) is 23.0. The molecular formula is C27H50O11. The summed E-state index contributed by atoms with van der Waals surface area (Å²) in [6.45, 7) is 2.22. The van der Waals surface area contributed by atoms with Crippen LogP contribution in [0.4, 0.5) is 14.4 Å². The Hall–Kier alpha value is -2.27. The van der Waals surface area contributed by atoms with E-state index in [-0.39, 0.29) is 26.4 Å². The summed E-state index contributed by atoms with van der Waals surface area (Å²) in [4.78, 5) is 34.4. The van der Waals surface area contributed by atoms with Gasteiger partial charge in [0.1, 0.15) is 0 Å². The van der Waals surface area contributed by atoms with Gasteiger partial charge in [-0.15, -0.1) is 0 Å². The molecule has 0 spiro atoms. The molecule has 0 aliphatic carbocycles. The lowest BCUT2D eigenvalue weighted by molar-refractivity contribution is 0.0485. The number of ether oxygens (including phenoxy) is 6. The standard InChI is InChI=1S/C27H50O11/c28-17-9-1-3-11-19-33-25(30)35-21-13-5-7-15-23-37-27(32)38-24-16-8-6-14-22-36-26(31)34-20-12-4-2-10-18-29/h28-29H,1-24H2. The lowest BCUT2D eigenvalue weighted by atomic mass is 10.2. The first kappa shape index (κ1) is 35.7. The molecule has 0 atom stereocenters. The molecule has 0 amide bonds. The van der Waals surface area contributed by atoms with Crippen LogP contribution in [0.1, 0.15) is 103 Å². The lowest BCUT2D eigenvalue weighted by Crippen LogP contribution is -2.10. The van der Waals surface area contributed by atoms with E-state index in [4.69, 9.17) is 38.6 Å². The van der Waals surface area contributed by atoms with E-state index in [1.807, 2.05) is 0 Å². The molecule has 0 saturated heterocycles. The third-order valence-corrected chi connectivity index (χ3v) is 5.50. The minimum Gasteiger partial charge on any atom is -0.434 e. The molecule has 0 rings (SSSR count). The smallest absolute Gasteiger partial charge is 0.434 e. The van der Waals surface area contributed by atoms with Gasteiger partial charge < -0.3 is 38.6 Å². The molecular weight excluding hydrogens is 500 g/mol. The van der Waals surface area contributed by atoms with Gasteiger partial charge in [0.25, 0.3) is 0 Å². The Labute approximate surface area is 227 Å². The normalized spacial score (nSPS) is 10.6. The monoisotopic (exact) mass is 550 g/mol. The number of carbonyl (C=O) groups excluding carboxylic acids is 3. The van der Waals surface area contributed by atoms with Crippen LogP contribution >= 0.6 is 0 Å². The molecule has 224 valence electrons. The van der Waals surface area contributed by atoms with Crippen LogP contribution in [0, 0.1) is 0 Å². The fourth-order valence-electron chi connectivity index (χ4n) is 3.31. The van der Waals surface area contributed by atoms with Crippen molar-refractivity contribution in [2.24, 2.45) is 0 Å². The predicted octanol–water partition coefficient (Wildman–Crippen LogP) is 5.67. The molecule has 2 N–H and O–H groups in total. The summed E-state index contributed by atoms with van der Waals surface area (Å²) >= 11 is 0. The average molecular weight is 551 g/mol. The van der Waals surface area contributed by atoms with Crippen molar-refractivity contribution in [3.63, 3.8) is 0 Å². The van der Waals surface area contributed by atoms with Gasteiger partial charge in [-0.05, 0) is 89.9 Å². The van der Waals surface area contributed by atoms with Crippen LogP contribution in [0.2, 0.25) is 0 Å². The van der Waals surface area contributed by atoms with Crippen molar-refractivity contribution < 1.29 is 53.0 Å². The Morgan fingerprint density at radius 1 is 0.316 bits per heavy atom. The van der Waals surface area contributed by atoms with Gasteiger partial charge in [-0.1, -0.05) is 12.8 Å². The summed E-state index contributed by atoms with van der Waals surface area (Å²) in [7, 11) is 0. The summed E-state index contributed by atoms with van der Waals surface area (Å²) in [6, 6.07) is 0. The van der Waals surface area contributed by atoms with E-state index in [0.29, 0.717) is 52.1 Å². The molecule has 0 bridgehead atoms. The summed E-state index contributed by atoms with van der Waals surface area (Å²) in [5, 5.41) is 17.4. The first-order valence-corrected chi connectivity index (χ1v) is 14.2. The van der Waals surface area contributed by atoms with Crippen LogP contribution in [-0.2, 0) is 28.4 Å². The molecule has 0 aliphatic heterocycles. The van der Waals surface area contributed by atoms with Gasteiger partial charge in [0.2, 0.25) is 0 Å². The van der Waals surface area contributed by atoms with Crippen LogP contribution in [0.15, 0.2) is 0 Å². The van der Waals surface area contributed by atoms with Crippen LogP contribution in [0.3, 0.4) is 0 Å². The van der Waals surface area contributed by atoms with E-state index in [9.17, 15) is 14.4 Å². The topological polar surface area (TPSA) is 147 Å². The van der Waals surface area contributed by atoms with Gasteiger partial charge in [-0.3, -0.25) is 0 Å². The van der Waals surface area contributed by atoms with E-state index >= 15 is 0 Å². The zero-order chi connectivity index (χ0) is 27.9. The highest BCUT2D eigenvalue weighted by molar-refractivity contribution is 5.60. The number of rotatable bonds is 26. The maximum absolute atomic E-state index is 11.6. The maximum atomic E-state index is 11.6. The first-order chi connectivity index (χ1) is 18.6. The zero-order valence-electron chi connectivity index (χ0n) is 23.0. The van der Waals surface area contributed by atoms with Crippen molar-refractivity contribution in [3.05, 3.63) is 0 Å². The second-order valence-electron chi connectivity index (χ2n) is 8.94. The molecule has 0 fully saturated rings. The van der Waals surface area contributed by atoms with E-state index in [0.717, 1.165) is 77.0 Å². The van der Waals surface area contributed by atoms with Gasteiger partial charge in [0.05, 0.1) is 39.6 Å². The predicted molar refractivity (Wildman–Crippen MR) is 140 cm³/mol. The Balaban J connectivity index is 3.32. The number of unbranched alkanes of at least 4 members (excludes halogenated alkanes) is 12. The molecule has 0 saturated carbocycles. The SMILES string of the molecule is O=C(OCCCCCCO)OCCCCCCOC(=O)OCCCCCCOC(=O)OCCCCCCO. The quantitative estimate of drug-likeness (QED) is 0.0779. The summed E-state index contributed by atoms with van der Waals surface area (Å²) in [6.07, 6.45) is 11.0. The largest absolute Gasteiger partial charge is 0.508 e. The number of hydrogen-bond acceptors (Lipinski definition) is 11. The van der Waals surface area contributed by atoms with Crippen molar-refractivity contribution in [1.82, 2.24) is 0 Å². The second-order valence-corrected chi connectivity index (χ2v) is 8.94. The highest BCUT2D eigenvalue weighted by Crippen LogP contribution is 2.05. The molecule has 0 aliphatic rings. The number of aliphatic hydroxyl groups is 2. The molecule has 0 aromatic heterocycles. The van der Waals surface area contributed by atoms with Gasteiger partial charge in [-0.2, -0.15) is 0 Å². The van der Waals surface area contributed by atoms with Crippen molar-refractivity contribution in [3.8, 4) is 0 Å². The molecule has 0 heterocycles. The van der Waals surface area contributed by atoms with E-state index in [1.165, 1.54) is 0 Å². The fourth-order valence-corrected chi connectivity index (χ4v) is 3.31. The molecule has 0 radical (unpaired) electrons. The Bertz CT molecular complexity index is 511. The Morgan fingerprint density at radius 3 is 0.684 bits per heavy atom. The first-order valence-electron chi connectivity index (χ1n) is 14.2. The molecule has 0 unspecified atom stereocenters. The molecule has 11 heteroatoms. The minimum absolute atomic E-state index is 0.190. The van der Waals surface area contributed by atoms with Crippen LogP contribution in [-0.4, -0.2) is 81.5 Å². The Kier molecular flexibility index (Phi) is 27.5. The fraction of sp³-hybridized carbons (Fsp3) is 0.889. The Morgan fingerprint density at radius 2 is 0.500 bits per heavy atom. The summed E-state index contributed by atoms with van der Waals surface area (Å²) in [5.74, 6) is 0. The minimum atomic E-state index is -0.671. The third kappa shape index (κ3) is 28.3. The van der Waals surface area contributed by atoms with Crippen LogP contribution in [0.5, 0.6) is 0 Å². The van der Waals surface area contributed by atoms with E-state index in [2.05, 4.69) is 0 Å². The molecule has 38 heavy (non-hydrogen) atoms. The summed E-state index contributed by atoms with van der Waals surface area (Å²) in [5.41, 5.74) is 0. The number of aliphatic hydroxyl groups excluding tert-OH is 2. The van der Waals surface area contributed by atoms with Crippen molar-refractivity contribution >= 4 is 18.5 Å². The second kappa shape index (κ2) is 29.3. The molecule has 0 aromatic carbocycles. The lowest BCUT2D eigenvalue weighted by Gasteiger charge is -2.08. The van der Waals surface area contributed by atoms with E-state index < -0.39 is 18.5 Å². The van der Waals surface area contributed by atoms with Gasteiger partial charge in [0, 0.05) is 13.2 Å². The van der Waals surface area contributed by atoms with Gasteiger partial charge >= 0.3 is 18.5 Å². The third-order valence-electron chi connectivity index (χ3n) is 5.50. The summed E-state index contributed by atoms with van der Waals surface area (Å²) < 4.78 is 30.0. The highest BCUT2D eigenvalue weighted by Gasteiger charge is 2.06. The van der Waals surface area contributed by atoms with Crippen LogP contribution < -0.4 is 0 Å².